The zero-order chi connectivity index (χ0) is 14.8. The molecule has 0 saturated carbocycles. The van der Waals surface area contributed by atoms with Crippen LogP contribution in [0.1, 0.15) is 35.3 Å². The Labute approximate surface area is 128 Å². The summed E-state index contributed by atoms with van der Waals surface area (Å²) >= 11 is 6.09. The number of benzene rings is 1. The van der Waals surface area contributed by atoms with Crippen LogP contribution in [0.4, 0.5) is 4.39 Å². The lowest BCUT2D eigenvalue weighted by Gasteiger charge is -2.19. The summed E-state index contributed by atoms with van der Waals surface area (Å²) in [5.74, 6) is 0.427. The summed E-state index contributed by atoms with van der Waals surface area (Å²) in [6.07, 6.45) is 2.41. The molecule has 2 heterocycles. The first-order valence-electron chi connectivity index (χ1n) is 7.19. The topological polar surface area (TPSA) is 37.8 Å². The van der Waals surface area contributed by atoms with E-state index in [0.29, 0.717) is 11.4 Å². The Morgan fingerprint density at radius 3 is 2.95 bits per heavy atom. The van der Waals surface area contributed by atoms with E-state index < -0.39 is 0 Å². The van der Waals surface area contributed by atoms with E-state index in [4.69, 9.17) is 11.6 Å². The highest BCUT2D eigenvalue weighted by molar-refractivity contribution is 6.31. The second kappa shape index (κ2) is 6.08. The lowest BCUT2D eigenvalue weighted by atomic mass is 10.0. The Bertz CT molecular complexity index is 656. The lowest BCUT2D eigenvalue weighted by Crippen LogP contribution is -2.27. The molecule has 110 valence electrons. The highest BCUT2D eigenvalue weighted by Crippen LogP contribution is 2.22. The molecular formula is C16H17ClFN3. The maximum Gasteiger partial charge on any atom is 0.133 e. The van der Waals surface area contributed by atoms with E-state index in [-0.39, 0.29) is 5.82 Å². The van der Waals surface area contributed by atoms with Crippen LogP contribution in [-0.2, 0) is 25.8 Å². The van der Waals surface area contributed by atoms with Crippen LogP contribution in [0, 0.1) is 5.82 Å². The largest absolute Gasteiger partial charge is 0.311 e. The van der Waals surface area contributed by atoms with Crippen LogP contribution in [0.15, 0.2) is 18.2 Å². The first-order chi connectivity index (χ1) is 10.2. The van der Waals surface area contributed by atoms with Gasteiger partial charge in [0.2, 0.25) is 0 Å². The molecule has 0 saturated heterocycles. The van der Waals surface area contributed by atoms with Crippen LogP contribution < -0.4 is 5.32 Å². The third kappa shape index (κ3) is 3.06. The molecule has 1 N–H and O–H groups in total. The standard InChI is InChI=1S/C16H17ClFN3/c1-2-14-12-5-6-19-9-15(12)21-16(20-14)7-10-3-4-11(18)8-13(10)17/h3-4,8,19H,2,5-7,9H2,1H3. The first kappa shape index (κ1) is 14.4. The Kier molecular flexibility index (Phi) is 4.17. The Hall–Kier alpha value is -1.52. The van der Waals surface area contributed by atoms with Gasteiger partial charge in [0.15, 0.2) is 0 Å². The summed E-state index contributed by atoms with van der Waals surface area (Å²) in [6.45, 7) is 3.88. The monoisotopic (exact) mass is 305 g/mol. The molecule has 3 nitrogen and oxygen atoms in total. The van der Waals surface area contributed by atoms with Crippen molar-refractivity contribution in [1.29, 1.82) is 0 Å². The van der Waals surface area contributed by atoms with Crippen LogP contribution in [0.5, 0.6) is 0 Å². The minimum atomic E-state index is -0.325. The smallest absolute Gasteiger partial charge is 0.133 e. The van der Waals surface area contributed by atoms with Crippen molar-refractivity contribution < 1.29 is 4.39 Å². The minimum absolute atomic E-state index is 0.325. The zero-order valence-electron chi connectivity index (χ0n) is 11.9. The van der Waals surface area contributed by atoms with Crippen molar-refractivity contribution in [2.45, 2.75) is 32.7 Å². The van der Waals surface area contributed by atoms with Crippen molar-refractivity contribution in [2.24, 2.45) is 0 Å². The molecule has 1 aromatic carbocycles. The first-order valence-corrected chi connectivity index (χ1v) is 7.57. The van der Waals surface area contributed by atoms with Gasteiger partial charge in [-0.15, -0.1) is 0 Å². The highest BCUT2D eigenvalue weighted by Gasteiger charge is 2.17. The SMILES string of the molecule is CCc1nc(Cc2ccc(F)cc2Cl)nc2c1CCNC2. The number of halogens is 2. The van der Waals surface area contributed by atoms with E-state index in [1.807, 2.05) is 0 Å². The lowest BCUT2D eigenvalue weighted by molar-refractivity contribution is 0.609. The third-order valence-corrected chi connectivity index (χ3v) is 4.12. The molecule has 21 heavy (non-hydrogen) atoms. The molecule has 1 aliphatic rings. The average molecular weight is 306 g/mol. The molecule has 0 aliphatic carbocycles. The molecule has 0 spiro atoms. The Morgan fingerprint density at radius 1 is 1.33 bits per heavy atom. The fraction of sp³-hybridized carbons (Fsp3) is 0.375. The van der Waals surface area contributed by atoms with Gasteiger partial charge in [-0.25, -0.2) is 14.4 Å². The van der Waals surface area contributed by atoms with Gasteiger partial charge in [-0.05, 0) is 42.6 Å². The van der Waals surface area contributed by atoms with Gasteiger partial charge in [-0.2, -0.15) is 0 Å². The van der Waals surface area contributed by atoms with Crippen molar-refractivity contribution >= 4 is 11.6 Å². The molecule has 1 aliphatic heterocycles. The van der Waals surface area contributed by atoms with E-state index in [9.17, 15) is 4.39 Å². The van der Waals surface area contributed by atoms with Crippen LogP contribution >= 0.6 is 11.6 Å². The number of nitrogens with zero attached hydrogens (tertiary/aromatic N) is 2. The number of nitrogens with one attached hydrogen (secondary N) is 1. The van der Waals surface area contributed by atoms with Crippen LogP contribution in [0.25, 0.3) is 0 Å². The van der Waals surface area contributed by atoms with Gasteiger partial charge in [0.25, 0.3) is 0 Å². The second-order valence-corrected chi connectivity index (χ2v) is 5.61. The molecule has 0 fully saturated rings. The quantitative estimate of drug-likeness (QED) is 0.947. The molecule has 0 unspecified atom stereocenters. The number of hydrogen-bond donors (Lipinski definition) is 1. The van der Waals surface area contributed by atoms with Crippen molar-refractivity contribution in [3.63, 3.8) is 0 Å². The molecule has 2 aromatic rings. The predicted molar refractivity (Wildman–Crippen MR) is 81.0 cm³/mol. The van der Waals surface area contributed by atoms with Crippen molar-refractivity contribution in [2.75, 3.05) is 6.54 Å². The van der Waals surface area contributed by atoms with Gasteiger partial charge in [0.1, 0.15) is 11.6 Å². The van der Waals surface area contributed by atoms with Gasteiger partial charge >= 0.3 is 0 Å². The molecule has 0 radical (unpaired) electrons. The summed E-state index contributed by atoms with van der Waals surface area (Å²) in [5, 5.41) is 3.76. The molecule has 5 heteroatoms. The third-order valence-electron chi connectivity index (χ3n) is 3.77. The molecule has 3 rings (SSSR count). The fourth-order valence-electron chi connectivity index (χ4n) is 2.70. The number of rotatable bonds is 3. The van der Waals surface area contributed by atoms with Gasteiger partial charge in [0, 0.05) is 23.7 Å². The number of aromatic nitrogens is 2. The number of aryl methyl sites for hydroxylation is 1. The van der Waals surface area contributed by atoms with E-state index >= 15 is 0 Å². The predicted octanol–water partition coefficient (Wildman–Crippen LogP) is 3.07. The Balaban J connectivity index is 1.95. The van der Waals surface area contributed by atoms with Crippen LogP contribution in [-0.4, -0.2) is 16.5 Å². The van der Waals surface area contributed by atoms with E-state index in [2.05, 4.69) is 22.2 Å². The van der Waals surface area contributed by atoms with Gasteiger partial charge in [-0.3, -0.25) is 0 Å². The van der Waals surface area contributed by atoms with Gasteiger partial charge in [-0.1, -0.05) is 24.6 Å². The molecular weight excluding hydrogens is 289 g/mol. The van der Waals surface area contributed by atoms with Gasteiger partial charge in [0.05, 0.1) is 5.69 Å². The summed E-state index contributed by atoms with van der Waals surface area (Å²) < 4.78 is 13.1. The van der Waals surface area contributed by atoms with E-state index in [0.717, 1.165) is 48.7 Å². The van der Waals surface area contributed by atoms with Crippen molar-refractivity contribution in [1.82, 2.24) is 15.3 Å². The summed E-state index contributed by atoms with van der Waals surface area (Å²) in [7, 11) is 0. The Morgan fingerprint density at radius 2 is 2.19 bits per heavy atom. The molecule has 0 atom stereocenters. The number of fused-ring (bicyclic) bond motifs is 1. The van der Waals surface area contributed by atoms with E-state index in [1.54, 1.807) is 6.07 Å². The van der Waals surface area contributed by atoms with Crippen molar-refractivity contribution in [3.8, 4) is 0 Å². The highest BCUT2D eigenvalue weighted by atomic mass is 35.5. The summed E-state index contributed by atoms with van der Waals surface area (Å²) in [4.78, 5) is 9.33. The number of hydrogen-bond acceptors (Lipinski definition) is 3. The molecule has 0 bridgehead atoms. The van der Waals surface area contributed by atoms with E-state index in [1.165, 1.54) is 17.7 Å². The fourth-order valence-corrected chi connectivity index (χ4v) is 2.93. The zero-order valence-corrected chi connectivity index (χ0v) is 12.7. The maximum absolute atomic E-state index is 13.1. The maximum atomic E-state index is 13.1. The van der Waals surface area contributed by atoms with Crippen molar-refractivity contribution in [3.05, 3.63) is 57.4 Å². The van der Waals surface area contributed by atoms with Crippen LogP contribution in [0.3, 0.4) is 0 Å². The van der Waals surface area contributed by atoms with Gasteiger partial charge < -0.3 is 5.32 Å². The summed E-state index contributed by atoms with van der Waals surface area (Å²) in [6, 6.07) is 4.45. The summed E-state index contributed by atoms with van der Waals surface area (Å²) in [5.41, 5.74) is 4.34. The molecule has 0 amide bonds. The second-order valence-electron chi connectivity index (χ2n) is 5.20. The van der Waals surface area contributed by atoms with Crippen LogP contribution in [0.2, 0.25) is 5.02 Å². The minimum Gasteiger partial charge on any atom is -0.311 e. The molecule has 1 aromatic heterocycles. The normalized spacial score (nSPS) is 14.0. The average Bonchev–Trinajstić information content (AvgIpc) is 2.49.